The van der Waals surface area contributed by atoms with Crippen LogP contribution >= 0.6 is 0 Å². The van der Waals surface area contributed by atoms with E-state index in [1.165, 1.54) is 17.1 Å². The van der Waals surface area contributed by atoms with Crippen LogP contribution in [0.4, 0.5) is 8.78 Å². The molecule has 150 valence electrons. The number of rotatable bonds is 8. The first kappa shape index (κ1) is 22.8. The van der Waals surface area contributed by atoms with Gasteiger partial charge in [-0.1, -0.05) is 20.4 Å². The van der Waals surface area contributed by atoms with Crippen molar-refractivity contribution in [2.45, 2.75) is 51.7 Å². The topological polar surface area (TPSA) is 109 Å². The smallest absolute Gasteiger partial charge is 0.269 e. The molecule has 7 nitrogen and oxygen atoms in total. The second-order valence-electron chi connectivity index (χ2n) is 5.78. The van der Waals surface area contributed by atoms with Crippen LogP contribution in [0.3, 0.4) is 0 Å². The highest BCUT2D eigenvalue weighted by Crippen LogP contribution is 2.30. The molecule has 0 fully saturated rings. The molecular formula is C18H28F2N6O. The summed E-state index contributed by atoms with van der Waals surface area (Å²) in [7, 11) is 0. The lowest BCUT2D eigenvalue weighted by Crippen LogP contribution is -2.49. The molecular weight excluding hydrogens is 354 g/mol. The fourth-order valence-electron chi connectivity index (χ4n) is 2.66. The van der Waals surface area contributed by atoms with Crippen LogP contribution in [0.25, 0.3) is 0 Å². The van der Waals surface area contributed by atoms with Gasteiger partial charge in [-0.2, -0.15) is 5.10 Å². The molecule has 0 saturated heterocycles. The molecule has 2 rings (SSSR count). The zero-order valence-corrected chi connectivity index (χ0v) is 15.7. The highest BCUT2D eigenvalue weighted by Gasteiger charge is 2.30. The third kappa shape index (κ3) is 6.47. The number of nitrogens with one attached hydrogen (secondary N) is 2. The molecule has 1 heterocycles. The van der Waals surface area contributed by atoms with Gasteiger partial charge in [0.15, 0.2) is 0 Å². The molecule has 0 aromatic heterocycles. The fourth-order valence-corrected chi connectivity index (χ4v) is 2.66. The monoisotopic (exact) mass is 382 g/mol. The van der Waals surface area contributed by atoms with Gasteiger partial charge in [-0.3, -0.25) is 16.5 Å². The predicted molar refractivity (Wildman–Crippen MR) is 102 cm³/mol. The second kappa shape index (κ2) is 11.5. The lowest BCUT2D eigenvalue weighted by Gasteiger charge is -2.23. The number of hydrogen-bond acceptors (Lipinski definition) is 6. The average molecular weight is 382 g/mol. The van der Waals surface area contributed by atoms with E-state index >= 15 is 0 Å². The van der Waals surface area contributed by atoms with Crippen molar-refractivity contribution in [2.75, 3.05) is 0 Å². The second-order valence-corrected chi connectivity index (χ2v) is 5.78. The minimum atomic E-state index is -0.692. The van der Waals surface area contributed by atoms with E-state index in [0.717, 1.165) is 6.07 Å². The minimum Gasteiger partial charge on any atom is -0.270 e. The van der Waals surface area contributed by atoms with Crippen molar-refractivity contribution < 1.29 is 13.6 Å². The van der Waals surface area contributed by atoms with Crippen LogP contribution in [0.1, 0.15) is 51.1 Å². The molecule has 1 aliphatic heterocycles. The summed E-state index contributed by atoms with van der Waals surface area (Å²) in [5.41, 5.74) is 5.70. The van der Waals surface area contributed by atoms with E-state index in [1.807, 2.05) is 13.8 Å². The van der Waals surface area contributed by atoms with Crippen LogP contribution in [0, 0.1) is 11.6 Å². The van der Waals surface area contributed by atoms with Gasteiger partial charge in [-0.05, 0) is 37.0 Å². The molecule has 6 N–H and O–H groups in total. The molecule has 0 bridgehead atoms. The van der Waals surface area contributed by atoms with E-state index in [4.69, 9.17) is 11.7 Å². The first-order valence-electron chi connectivity index (χ1n) is 8.88. The summed E-state index contributed by atoms with van der Waals surface area (Å²) in [4.78, 5) is 12.6. The summed E-state index contributed by atoms with van der Waals surface area (Å²) in [5.74, 6) is 8.83. The number of carbonyl (C=O) groups excluding carboxylic acids is 1. The summed E-state index contributed by atoms with van der Waals surface area (Å²) in [5, 5.41) is 5.26. The van der Waals surface area contributed by atoms with Crippen LogP contribution in [0.2, 0.25) is 0 Å². The third-order valence-corrected chi connectivity index (χ3v) is 3.98. The third-order valence-electron chi connectivity index (χ3n) is 3.98. The Balaban J connectivity index is 0.00000176. The van der Waals surface area contributed by atoms with E-state index < -0.39 is 17.7 Å². The highest BCUT2D eigenvalue weighted by molar-refractivity contribution is 5.94. The lowest BCUT2D eigenvalue weighted by molar-refractivity contribution is -0.129. The van der Waals surface area contributed by atoms with Crippen molar-refractivity contribution in [2.24, 2.45) is 16.8 Å². The summed E-state index contributed by atoms with van der Waals surface area (Å²) in [6.07, 6.45) is 3.32. The van der Waals surface area contributed by atoms with E-state index in [9.17, 15) is 13.6 Å². The van der Waals surface area contributed by atoms with Crippen molar-refractivity contribution >= 4 is 12.1 Å². The number of halogens is 2. The Bertz CT molecular complexity index is 643. The number of carbonyl (C=O) groups is 1. The maximum absolute atomic E-state index is 13.4. The van der Waals surface area contributed by atoms with Gasteiger partial charge in [0.2, 0.25) is 0 Å². The number of nitrogens with two attached hydrogens (primary N) is 2. The Labute approximate surface area is 158 Å². The Hall–Kier alpha value is -2.20. The molecule has 0 spiro atoms. The van der Waals surface area contributed by atoms with Crippen molar-refractivity contribution in [1.29, 1.82) is 0 Å². The Kier molecular flexibility index (Phi) is 9.73. The van der Waals surface area contributed by atoms with Gasteiger partial charge in [0, 0.05) is 24.3 Å². The SMILES string of the molecule is C=C(CCCC(NN)NN)C(=O)N1N=CCC1c1cc(F)cc(F)c1.CC. The minimum absolute atomic E-state index is 0.268. The number of nitrogens with zero attached hydrogens (tertiary/aromatic N) is 2. The number of hydrazine groups is 2. The lowest BCUT2D eigenvalue weighted by atomic mass is 10.0. The highest BCUT2D eigenvalue weighted by atomic mass is 19.1. The van der Waals surface area contributed by atoms with Gasteiger partial charge < -0.3 is 0 Å². The van der Waals surface area contributed by atoms with E-state index in [2.05, 4.69) is 22.5 Å². The maximum Gasteiger partial charge on any atom is 0.269 e. The van der Waals surface area contributed by atoms with Crippen LogP contribution < -0.4 is 22.5 Å². The summed E-state index contributed by atoms with van der Waals surface area (Å²) >= 11 is 0. The largest absolute Gasteiger partial charge is 0.270 e. The van der Waals surface area contributed by atoms with Crippen molar-refractivity contribution in [3.8, 4) is 0 Å². The summed E-state index contributed by atoms with van der Waals surface area (Å²) in [6.45, 7) is 7.79. The number of amides is 1. The normalized spacial score (nSPS) is 15.7. The zero-order valence-electron chi connectivity index (χ0n) is 15.7. The molecule has 27 heavy (non-hydrogen) atoms. The van der Waals surface area contributed by atoms with Crippen LogP contribution in [-0.4, -0.2) is 23.3 Å². The average Bonchev–Trinajstić information content (AvgIpc) is 3.15. The van der Waals surface area contributed by atoms with Gasteiger partial charge >= 0.3 is 0 Å². The molecule has 1 aromatic rings. The first-order valence-corrected chi connectivity index (χ1v) is 8.88. The maximum atomic E-state index is 13.4. The van der Waals surface area contributed by atoms with E-state index in [-0.39, 0.29) is 12.1 Å². The fraction of sp³-hybridized carbons (Fsp3) is 0.444. The molecule has 1 atom stereocenters. The standard InChI is InChI=1S/C16H22F2N6O.C2H6/c1-10(3-2-4-15(22-19)23-20)16(25)24-14(5-6-21-24)11-7-12(17)9-13(18)8-11;1-2/h6-9,14-15,22-23H,1-5,19-20H2;1-2H3. The van der Waals surface area contributed by atoms with Crippen LogP contribution in [0.5, 0.6) is 0 Å². The summed E-state index contributed by atoms with van der Waals surface area (Å²) < 4.78 is 26.9. The zero-order chi connectivity index (χ0) is 20.4. The van der Waals surface area contributed by atoms with Crippen molar-refractivity contribution in [3.63, 3.8) is 0 Å². The first-order chi connectivity index (χ1) is 13.0. The van der Waals surface area contributed by atoms with Gasteiger partial charge in [-0.15, -0.1) is 0 Å². The molecule has 1 aliphatic rings. The molecule has 1 aromatic carbocycles. The Morgan fingerprint density at radius 2 is 1.89 bits per heavy atom. The molecule has 0 saturated carbocycles. The molecule has 1 unspecified atom stereocenters. The quantitative estimate of drug-likeness (QED) is 0.239. The van der Waals surface area contributed by atoms with Gasteiger partial charge in [0.25, 0.3) is 5.91 Å². The van der Waals surface area contributed by atoms with Gasteiger partial charge in [0.1, 0.15) is 11.6 Å². The number of hydrogen-bond donors (Lipinski definition) is 4. The van der Waals surface area contributed by atoms with E-state index in [1.54, 1.807) is 6.21 Å². The van der Waals surface area contributed by atoms with Gasteiger partial charge in [-0.25, -0.2) is 24.6 Å². The molecule has 1 amide bonds. The predicted octanol–water partition coefficient (Wildman–Crippen LogP) is 2.23. The van der Waals surface area contributed by atoms with E-state index in [0.29, 0.717) is 36.8 Å². The van der Waals surface area contributed by atoms with Crippen LogP contribution in [0.15, 0.2) is 35.5 Å². The van der Waals surface area contributed by atoms with Gasteiger partial charge in [0.05, 0.1) is 12.2 Å². The number of benzene rings is 1. The Morgan fingerprint density at radius 1 is 1.30 bits per heavy atom. The molecule has 0 radical (unpaired) electrons. The molecule has 9 heteroatoms. The van der Waals surface area contributed by atoms with Crippen molar-refractivity contribution in [1.82, 2.24) is 15.9 Å². The Morgan fingerprint density at radius 3 is 2.44 bits per heavy atom. The summed E-state index contributed by atoms with van der Waals surface area (Å²) in [6, 6.07) is 2.66. The number of hydrazone groups is 1. The van der Waals surface area contributed by atoms with Crippen LogP contribution in [-0.2, 0) is 4.79 Å². The van der Waals surface area contributed by atoms with Crippen molar-refractivity contribution in [3.05, 3.63) is 47.5 Å². The molecule has 0 aliphatic carbocycles.